The van der Waals surface area contributed by atoms with Gasteiger partial charge in [0.1, 0.15) is 17.2 Å². The number of benzene rings is 1. The van der Waals surface area contributed by atoms with Crippen LogP contribution in [-0.4, -0.2) is 31.8 Å². The number of carboxylic acids is 1. The summed E-state index contributed by atoms with van der Waals surface area (Å²) in [4.78, 5) is 20.9. The molecule has 18 heavy (non-hydrogen) atoms. The summed E-state index contributed by atoms with van der Waals surface area (Å²) in [5, 5.41) is 8.69. The highest BCUT2D eigenvalue weighted by Crippen LogP contribution is 2.34. The molecule has 1 N–H and O–H groups in total. The average molecular weight is 254 g/mol. The van der Waals surface area contributed by atoms with Crippen LogP contribution in [-0.2, 0) is 16.0 Å². The highest BCUT2D eigenvalue weighted by Gasteiger charge is 2.14. The van der Waals surface area contributed by atoms with Gasteiger partial charge in [0.15, 0.2) is 0 Å². The van der Waals surface area contributed by atoms with Crippen LogP contribution in [0.25, 0.3) is 0 Å². The van der Waals surface area contributed by atoms with Crippen molar-refractivity contribution in [1.82, 2.24) is 0 Å². The molecule has 0 heterocycles. The maximum atomic E-state index is 10.6. The Bertz CT molecular complexity index is 415. The minimum Gasteiger partial charge on any atom is -0.496 e. The molecule has 0 amide bonds. The molecule has 0 spiro atoms. The number of methoxy groups -OCH3 is 2. The molecule has 0 aliphatic rings. The number of hydrogen-bond acceptors (Lipinski definition) is 5. The van der Waals surface area contributed by atoms with Crippen molar-refractivity contribution in [2.75, 3.05) is 14.2 Å². The lowest BCUT2D eigenvalue weighted by atomic mass is 10.1. The second-order valence-electron chi connectivity index (χ2n) is 3.41. The van der Waals surface area contributed by atoms with E-state index in [0.717, 1.165) is 0 Å². The van der Waals surface area contributed by atoms with Gasteiger partial charge in [0.2, 0.25) is 0 Å². The van der Waals surface area contributed by atoms with E-state index in [2.05, 4.69) is 0 Å². The fourth-order valence-electron chi connectivity index (χ4n) is 1.56. The SMILES string of the molecule is COc1cc(OC=O)cc(OC)c1CCC(=O)O. The lowest BCUT2D eigenvalue weighted by molar-refractivity contribution is -0.137. The van der Waals surface area contributed by atoms with Crippen LogP contribution in [0.15, 0.2) is 12.1 Å². The van der Waals surface area contributed by atoms with Gasteiger partial charge < -0.3 is 19.3 Å². The molecule has 0 aliphatic heterocycles. The summed E-state index contributed by atoms with van der Waals surface area (Å²) in [6.07, 6.45) is 0.226. The van der Waals surface area contributed by atoms with Gasteiger partial charge in [-0.05, 0) is 6.42 Å². The third-order valence-corrected chi connectivity index (χ3v) is 2.35. The molecule has 0 radical (unpaired) electrons. The Kier molecular flexibility index (Phi) is 4.98. The molecule has 1 aromatic carbocycles. The molecule has 0 fully saturated rings. The van der Waals surface area contributed by atoms with Crippen molar-refractivity contribution in [3.05, 3.63) is 17.7 Å². The maximum absolute atomic E-state index is 10.6. The van der Waals surface area contributed by atoms with E-state index in [1.807, 2.05) is 0 Å². The number of aliphatic carboxylic acids is 1. The van der Waals surface area contributed by atoms with Gasteiger partial charge in [-0.1, -0.05) is 0 Å². The van der Waals surface area contributed by atoms with Crippen LogP contribution in [0.2, 0.25) is 0 Å². The smallest absolute Gasteiger partial charge is 0.303 e. The minimum atomic E-state index is -0.910. The fourth-order valence-corrected chi connectivity index (χ4v) is 1.56. The third-order valence-electron chi connectivity index (χ3n) is 2.35. The monoisotopic (exact) mass is 254 g/mol. The Balaban J connectivity index is 3.12. The van der Waals surface area contributed by atoms with Crippen LogP contribution in [0.3, 0.4) is 0 Å². The Hall–Kier alpha value is -2.24. The molecule has 0 aromatic heterocycles. The van der Waals surface area contributed by atoms with Crippen molar-refractivity contribution in [2.45, 2.75) is 12.8 Å². The zero-order chi connectivity index (χ0) is 13.5. The van der Waals surface area contributed by atoms with E-state index in [4.69, 9.17) is 19.3 Å². The lowest BCUT2D eigenvalue weighted by Crippen LogP contribution is -2.03. The fraction of sp³-hybridized carbons (Fsp3) is 0.333. The second-order valence-corrected chi connectivity index (χ2v) is 3.41. The molecule has 0 aliphatic carbocycles. The quantitative estimate of drug-likeness (QED) is 0.737. The molecule has 1 rings (SSSR count). The first-order valence-electron chi connectivity index (χ1n) is 5.19. The summed E-state index contributed by atoms with van der Waals surface area (Å²) in [6, 6.07) is 3.02. The van der Waals surface area contributed by atoms with Crippen molar-refractivity contribution in [1.29, 1.82) is 0 Å². The van der Waals surface area contributed by atoms with Gasteiger partial charge in [0, 0.05) is 24.1 Å². The summed E-state index contributed by atoms with van der Waals surface area (Å²) in [7, 11) is 2.90. The van der Waals surface area contributed by atoms with Gasteiger partial charge in [-0.3, -0.25) is 9.59 Å². The van der Waals surface area contributed by atoms with Crippen LogP contribution in [0.5, 0.6) is 17.2 Å². The van der Waals surface area contributed by atoms with Crippen molar-refractivity contribution >= 4 is 12.4 Å². The van der Waals surface area contributed by atoms with Gasteiger partial charge >= 0.3 is 5.97 Å². The predicted octanol–water partition coefficient (Wildman–Crippen LogP) is 1.26. The Morgan fingerprint density at radius 1 is 1.28 bits per heavy atom. The number of carbonyl (C=O) groups is 2. The normalized spacial score (nSPS) is 9.67. The van der Waals surface area contributed by atoms with E-state index in [1.165, 1.54) is 26.4 Å². The molecule has 6 heteroatoms. The number of ether oxygens (including phenoxy) is 3. The van der Waals surface area contributed by atoms with Crippen LogP contribution in [0, 0.1) is 0 Å². The average Bonchev–Trinajstić information content (AvgIpc) is 2.36. The lowest BCUT2D eigenvalue weighted by Gasteiger charge is -2.13. The molecule has 6 nitrogen and oxygen atoms in total. The summed E-state index contributed by atoms with van der Waals surface area (Å²) in [5.74, 6) is 0.213. The third kappa shape index (κ3) is 3.38. The van der Waals surface area contributed by atoms with Crippen molar-refractivity contribution < 1.29 is 28.9 Å². The zero-order valence-electron chi connectivity index (χ0n) is 10.1. The minimum absolute atomic E-state index is 0.0411. The first-order chi connectivity index (χ1) is 8.62. The molecule has 0 atom stereocenters. The second kappa shape index (κ2) is 6.48. The van der Waals surface area contributed by atoms with Crippen molar-refractivity contribution in [3.63, 3.8) is 0 Å². The molecular weight excluding hydrogens is 240 g/mol. The Morgan fingerprint density at radius 2 is 1.83 bits per heavy atom. The molecule has 1 aromatic rings. The summed E-state index contributed by atoms with van der Waals surface area (Å²) >= 11 is 0. The van der Waals surface area contributed by atoms with Gasteiger partial charge in [-0.2, -0.15) is 0 Å². The van der Waals surface area contributed by atoms with E-state index in [0.29, 0.717) is 23.5 Å². The van der Waals surface area contributed by atoms with Gasteiger partial charge in [-0.15, -0.1) is 0 Å². The summed E-state index contributed by atoms with van der Waals surface area (Å²) in [5.41, 5.74) is 0.626. The molecule has 0 bridgehead atoms. The topological polar surface area (TPSA) is 82.1 Å². The predicted molar refractivity (Wildman–Crippen MR) is 62.2 cm³/mol. The molecule has 98 valence electrons. The summed E-state index contributed by atoms with van der Waals surface area (Å²) < 4.78 is 15.0. The number of carbonyl (C=O) groups excluding carboxylic acids is 1. The zero-order valence-corrected chi connectivity index (χ0v) is 10.1. The van der Waals surface area contributed by atoms with E-state index in [9.17, 15) is 9.59 Å². The number of carboxylic acid groups (broad SMARTS) is 1. The van der Waals surface area contributed by atoms with E-state index in [1.54, 1.807) is 0 Å². The Labute approximate surface area is 104 Å². The molecular formula is C12H14O6. The standard InChI is InChI=1S/C12H14O6/c1-16-10-5-8(18-7-13)6-11(17-2)9(10)3-4-12(14)15/h5-7H,3-4H2,1-2H3,(H,14,15). The highest BCUT2D eigenvalue weighted by atomic mass is 16.5. The van der Waals surface area contributed by atoms with Crippen LogP contribution >= 0.6 is 0 Å². The largest absolute Gasteiger partial charge is 0.496 e. The maximum Gasteiger partial charge on any atom is 0.303 e. The van der Waals surface area contributed by atoms with Crippen LogP contribution in [0.1, 0.15) is 12.0 Å². The van der Waals surface area contributed by atoms with E-state index in [-0.39, 0.29) is 18.6 Å². The Morgan fingerprint density at radius 3 is 2.22 bits per heavy atom. The number of rotatable bonds is 7. The first kappa shape index (κ1) is 13.8. The van der Waals surface area contributed by atoms with Crippen molar-refractivity contribution in [2.24, 2.45) is 0 Å². The van der Waals surface area contributed by atoms with Crippen LogP contribution in [0.4, 0.5) is 0 Å². The van der Waals surface area contributed by atoms with E-state index < -0.39 is 5.97 Å². The number of hydrogen-bond donors (Lipinski definition) is 1. The first-order valence-corrected chi connectivity index (χ1v) is 5.19. The van der Waals surface area contributed by atoms with Gasteiger partial charge in [-0.25, -0.2) is 0 Å². The van der Waals surface area contributed by atoms with Crippen molar-refractivity contribution in [3.8, 4) is 17.2 Å². The highest BCUT2D eigenvalue weighted by molar-refractivity contribution is 5.68. The summed E-state index contributed by atoms with van der Waals surface area (Å²) in [6.45, 7) is 0.297. The van der Waals surface area contributed by atoms with Crippen LogP contribution < -0.4 is 14.2 Å². The van der Waals surface area contributed by atoms with Gasteiger partial charge in [0.05, 0.1) is 14.2 Å². The molecule has 0 saturated carbocycles. The molecule has 0 unspecified atom stereocenters. The van der Waals surface area contributed by atoms with E-state index >= 15 is 0 Å². The molecule has 0 saturated heterocycles. The van der Waals surface area contributed by atoms with Gasteiger partial charge in [0.25, 0.3) is 6.47 Å².